The van der Waals surface area contributed by atoms with E-state index in [1.807, 2.05) is 42.5 Å². The van der Waals surface area contributed by atoms with Gasteiger partial charge in [-0.1, -0.05) is 42.5 Å². The number of carbonyl (C=O) groups excluding carboxylic acids is 3. The highest BCUT2D eigenvalue weighted by Gasteiger charge is 2.37. The molecule has 0 radical (unpaired) electrons. The van der Waals surface area contributed by atoms with Gasteiger partial charge in [0, 0.05) is 31.7 Å². The molecule has 3 aromatic rings. The third-order valence-electron chi connectivity index (χ3n) is 5.85. The first-order chi connectivity index (χ1) is 15.6. The molecule has 8 nitrogen and oxygen atoms in total. The molecule has 32 heavy (non-hydrogen) atoms. The lowest BCUT2D eigenvalue weighted by Crippen LogP contribution is -2.52. The first kappa shape index (κ1) is 19.9. The summed E-state index contributed by atoms with van der Waals surface area (Å²) in [4.78, 5) is 42.6. The van der Waals surface area contributed by atoms with E-state index >= 15 is 0 Å². The maximum atomic E-state index is 12.8. The zero-order valence-corrected chi connectivity index (χ0v) is 17.3. The minimum Gasteiger partial charge on any atom is -0.352 e. The standard InChI is InChI=1S/C24H21N5O3/c30-22(16-29-23(31)18-8-4-5-9-19(18)24(29)32)28-14-12-27(13-15-28)21-11-10-20(25-26-21)17-6-2-1-3-7-17/h1-11H,12-16H2. The average Bonchev–Trinajstić information content (AvgIpc) is 3.10. The molecule has 0 aliphatic carbocycles. The van der Waals surface area contributed by atoms with Gasteiger partial charge in [-0.15, -0.1) is 10.2 Å². The summed E-state index contributed by atoms with van der Waals surface area (Å²) < 4.78 is 0. The molecule has 0 bridgehead atoms. The van der Waals surface area contributed by atoms with Gasteiger partial charge in [0.2, 0.25) is 5.91 Å². The summed E-state index contributed by atoms with van der Waals surface area (Å²) in [6, 6.07) is 20.4. The van der Waals surface area contributed by atoms with Crippen LogP contribution in [0.25, 0.3) is 11.3 Å². The van der Waals surface area contributed by atoms with E-state index < -0.39 is 11.8 Å². The maximum absolute atomic E-state index is 12.8. The quantitative estimate of drug-likeness (QED) is 0.593. The summed E-state index contributed by atoms with van der Waals surface area (Å²) in [5.41, 5.74) is 2.53. The summed E-state index contributed by atoms with van der Waals surface area (Å²) in [5, 5.41) is 8.68. The van der Waals surface area contributed by atoms with Gasteiger partial charge in [0.25, 0.3) is 11.8 Å². The number of benzene rings is 2. The second-order valence-electron chi connectivity index (χ2n) is 7.75. The lowest BCUT2D eigenvalue weighted by Gasteiger charge is -2.35. The topological polar surface area (TPSA) is 86.7 Å². The largest absolute Gasteiger partial charge is 0.352 e. The van der Waals surface area contributed by atoms with Crippen LogP contribution < -0.4 is 4.90 Å². The van der Waals surface area contributed by atoms with Crippen molar-refractivity contribution in [1.29, 1.82) is 0 Å². The fourth-order valence-corrected chi connectivity index (χ4v) is 4.06. The fraction of sp³-hybridized carbons (Fsp3) is 0.208. The SMILES string of the molecule is O=C(CN1C(=O)c2ccccc2C1=O)N1CCN(c2ccc(-c3ccccc3)nn2)CC1. The van der Waals surface area contributed by atoms with E-state index in [-0.39, 0.29) is 12.5 Å². The summed E-state index contributed by atoms with van der Waals surface area (Å²) in [6.45, 7) is 1.95. The van der Waals surface area contributed by atoms with Crippen molar-refractivity contribution < 1.29 is 14.4 Å². The Hall–Kier alpha value is -4.07. The Morgan fingerprint density at radius 2 is 1.38 bits per heavy atom. The van der Waals surface area contributed by atoms with E-state index in [1.165, 1.54) is 0 Å². The van der Waals surface area contributed by atoms with Crippen molar-refractivity contribution in [3.8, 4) is 11.3 Å². The van der Waals surface area contributed by atoms with Crippen LogP contribution in [0, 0.1) is 0 Å². The second-order valence-corrected chi connectivity index (χ2v) is 7.75. The maximum Gasteiger partial charge on any atom is 0.262 e. The zero-order chi connectivity index (χ0) is 22.1. The van der Waals surface area contributed by atoms with Crippen LogP contribution in [-0.4, -0.2) is 70.4 Å². The van der Waals surface area contributed by atoms with Crippen LogP contribution >= 0.6 is 0 Å². The predicted octanol–water partition coefficient (Wildman–Crippen LogP) is 2.09. The number of anilines is 1. The van der Waals surface area contributed by atoms with Gasteiger partial charge in [0.05, 0.1) is 16.8 Å². The lowest BCUT2D eigenvalue weighted by molar-refractivity contribution is -0.131. The molecular formula is C24H21N5O3. The molecule has 8 heteroatoms. The van der Waals surface area contributed by atoms with E-state index in [1.54, 1.807) is 29.2 Å². The third kappa shape index (κ3) is 3.60. The van der Waals surface area contributed by atoms with Crippen molar-refractivity contribution in [3.63, 3.8) is 0 Å². The number of imide groups is 1. The molecule has 2 aliphatic heterocycles. The Bertz CT molecular complexity index is 1140. The molecule has 2 aliphatic rings. The Morgan fingerprint density at radius 1 is 0.750 bits per heavy atom. The number of amides is 3. The molecule has 0 spiro atoms. The van der Waals surface area contributed by atoms with E-state index in [0.29, 0.717) is 37.3 Å². The average molecular weight is 427 g/mol. The van der Waals surface area contributed by atoms with Crippen molar-refractivity contribution >= 4 is 23.5 Å². The molecular weight excluding hydrogens is 406 g/mol. The Kier molecular flexibility index (Phi) is 5.10. The number of hydrogen-bond donors (Lipinski definition) is 0. The number of fused-ring (bicyclic) bond motifs is 1. The van der Waals surface area contributed by atoms with Gasteiger partial charge >= 0.3 is 0 Å². The van der Waals surface area contributed by atoms with Crippen LogP contribution in [0.3, 0.4) is 0 Å². The molecule has 0 saturated carbocycles. The zero-order valence-electron chi connectivity index (χ0n) is 17.3. The molecule has 5 rings (SSSR count). The number of piperazine rings is 1. The van der Waals surface area contributed by atoms with Gasteiger partial charge in [-0.2, -0.15) is 0 Å². The van der Waals surface area contributed by atoms with E-state index in [9.17, 15) is 14.4 Å². The van der Waals surface area contributed by atoms with E-state index in [4.69, 9.17) is 0 Å². The summed E-state index contributed by atoms with van der Waals surface area (Å²) in [7, 11) is 0. The molecule has 0 atom stereocenters. The summed E-state index contributed by atoms with van der Waals surface area (Å²) in [6.07, 6.45) is 0. The first-order valence-corrected chi connectivity index (χ1v) is 10.5. The monoisotopic (exact) mass is 427 g/mol. The predicted molar refractivity (Wildman–Crippen MR) is 118 cm³/mol. The highest BCUT2D eigenvalue weighted by atomic mass is 16.2. The van der Waals surface area contributed by atoms with Crippen LogP contribution in [0.2, 0.25) is 0 Å². The normalized spacial score (nSPS) is 15.8. The molecule has 0 N–H and O–H groups in total. The minimum atomic E-state index is -0.411. The number of rotatable bonds is 4. The van der Waals surface area contributed by atoms with Crippen LogP contribution in [0.4, 0.5) is 5.82 Å². The van der Waals surface area contributed by atoms with E-state index in [0.717, 1.165) is 22.0 Å². The molecule has 3 amide bonds. The van der Waals surface area contributed by atoms with Gasteiger partial charge in [0.15, 0.2) is 5.82 Å². The summed E-state index contributed by atoms with van der Waals surface area (Å²) in [5.74, 6) is -0.292. The van der Waals surface area contributed by atoms with Gasteiger partial charge in [-0.25, -0.2) is 0 Å². The molecule has 1 saturated heterocycles. The number of aromatic nitrogens is 2. The van der Waals surface area contributed by atoms with Crippen molar-refractivity contribution in [2.75, 3.05) is 37.6 Å². The molecule has 1 fully saturated rings. The van der Waals surface area contributed by atoms with Gasteiger partial charge in [-0.05, 0) is 24.3 Å². The van der Waals surface area contributed by atoms with Crippen LogP contribution in [-0.2, 0) is 4.79 Å². The Labute approximate surface area is 185 Å². The highest BCUT2D eigenvalue weighted by molar-refractivity contribution is 6.22. The lowest BCUT2D eigenvalue weighted by atomic mass is 10.1. The summed E-state index contributed by atoms with van der Waals surface area (Å²) >= 11 is 0. The molecule has 160 valence electrons. The van der Waals surface area contributed by atoms with Gasteiger partial charge in [0.1, 0.15) is 6.54 Å². The Balaban J connectivity index is 1.19. The van der Waals surface area contributed by atoms with Crippen molar-refractivity contribution in [2.45, 2.75) is 0 Å². The van der Waals surface area contributed by atoms with Crippen LogP contribution in [0.15, 0.2) is 66.7 Å². The van der Waals surface area contributed by atoms with E-state index in [2.05, 4.69) is 15.1 Å². The van der Waals surface area contributed by atoms with Crippen molar-refractivity contribution in [3.05, 3.63) is 77.9 Å². The number of nitrogens with zero attached hydrogens (tertiary/aromatic N) is 5. The Morgan fingerprint density at radius 3 is 1.97 bits per heavy atom. The van der Waals surface area contributed by atoms with Crippen LogP contribution in [0.5, 0.6) is 0 Å². The van der Waals surface area contributed by atoms with Gasteiger partial charge < -0.3 is 9.80 Å². The first-order valence-electron chi connectivity index (χ1n) is 10.5. The smallest absolute Gasteiger partial charge is 0.262 e. The van der Waals surface area contributed by atoms with Crippen molar-refractivity contribution in [1.82, 2.24) is 20.0 Å². The third-order valence-corrected chi connectivity index (χ3v) is 5.85. The molecule has 2 aromatic carbocycles. The van der Waals surface area contributed by atoms with Crippen LogP contribution in [0.1, 0.15) is 20.7 Å². The number of hydrogen-bond acceptors (Lipinski definition) is 6. The molecule has 3 heterocycles. The molecule has 1 aromatic heterocycles. The highest BCUT2D eigenvalue weighted by Crippen LogP contribution is 2.23. The number of carbonyl (C=O) groups is 3. The van der Waals surface area contributed by atoms with Crippen molar-refractivity contribution in [2.24, 2.45) is 0 Å². The molecule has 0 unspecified atom stereocenters. The van der Waals surface area contributed by atoms with Gasteiger partial charge in [-0.3, -0.25) is 19.3 Å². The fourth-order valence-electron chi connectivity index (χ4n) is 4.06. The second kappa shape index (κ2) is 8.22. The minimum absolute atomic E-state index is 0.232.